The molecule has 0 radical (unpaired) electrons. The maximum Gasteiger partial charge on any atom is 0.263 e. The van der Waals surface area contributed by atoms with Crippen LogP contribution in [0.5, 0.6) is 0 Å². The van der Waals surface area contributed by atoms with Crippen LogP contribution in [0.2, 0.25) is 0 Å². The summed E-state index contributed by atoms with van der Waals surface area (Å²) >= 11 is 1.46. The Balaban J connectivity index is 2.50. The third-order valence-corrected chi connectivity index (χ3v) is 3.19. The number of hydrogen-bond donors (Lipinski definition) is 1. The van der Waals surface area contributed by atoms with Crippen molar-refractivity contribution in [1.82, 2.24) is 10.3 Å². The summed E-state index contributed by atoms with van der Waals surface area (Å²) in [4.78, 5) is 16.7. The normalized spacial score (nSPS) is 10.7. The van der Waals surface area contributed by atoms with Crippen molar-refractivity contribution in [3.63, 3.8) is 0 Å². The molecule has 0 aliphatic heterocycles. The van der Waals surface area contributed by atoms with Crippen LogP contribution in [0.25, 0.3) is 0 Å². The molecule has 1 rings (SSSR count). The van der Waals surface area contributed by atoms with Crippen molar-refractivity contribution in [3.8, 4) is 0 Å². The van der Waals surface area contributed by atoms with Gasteiger partial charge in [0.1, 0.15) is 4.88 Å². The van der Waals surface area contributed by atoms with Crippen LogP contribution in [0.3, 0.4) is 0 Å². The van der Waals surface area contributed by atoms with E-state index < -0.39 is 0 Å². The van der Waals surface area contributed by atoms with Gasteiger partial charge in [-0.3, -0.25) is 4.79 Å². The van der Waals surface area contributed by atoms with E-state index in [1.54, 1.807) is 0 Å². The third-order valence-electron chi connectivity index (χ3n) is 2.12. The quantitative estimate of drug-likeness (QED) is 0.857. The molecule has 0 spiro atoms. The van der Waals surface area contributed by atoms with Crippen LogP contribution in [0.15, 0.2) is 0 Å². The lowest BCUT2D eigenvalue weighted by atomic mass is 10.1. The molecule has 0 saturated carbocycles. The average molecular weight is 226 g/mol. The van der Waals surface area contributed by atoms with E-state index in [2.05, 4.69) is 24.1 Å². The largest absolute Gasteiger partial charge is 0.351 e. The zero-order chi connectivity index (χ0) is 11.4. The highest BCUT2D eigenvalue weighted by Crippen LogP contribution is 2.16. The number of nitrogens with one attached hydrogen (secondary N) is 1. The van der Waals surface area contributed by atoms with E-state index in [1.807, 2.05) is 13.8 Å². The standard InChI is InChI=1S/C11H18N2OS/c1-7(2)5-6-12-11(14)10-8(3)13-9(4)15-10/h7H,5-6H2,1-4H3,(H,12,14). The summed E-state index contributed by atoms with van der Waals surface area (Å²) in [7, 11) is 0. The summed E-state index contributed by atoms with van der Waals surface area (Å²) in [6.45, 7) is 8.83. The van der Waals surface area contributed by atoms with Crippen molar-refractivity contribution in [2.45, 2.75) is 34.1 Å². The summed E-state index contributed by atoms with van der Waals surface area (Å²) in [5.41, 5.74) is 0.833. The Bertz CT molecular complexity index is 344. The fourth-order valence-electron chi connectivity index (χ4n) is 1.30. The molecule has 0 aliphatic carbocycles. The summed E-state index contributed by atoms with van der Waals surface area (Å²) in [5.74, 6) is 0.633. The molecule has 84 valence electrons. The van der Waals surface area contributed by atoms with Gasteiger partial charge in [0.05, 0.1) is 10.7 Å². The molecule has 1 amide bonds. The molecule has 0 aromatic carbocycles. The minimum atomic E-state index is 0.0127. The summed E-state index contributed by atoms with van der Waals surface area (Å²) in [6, 6.07) is 0. The number of aryl methyl sites for hydroxylation is 2. The molecule has 1 heterocycles. The van der Waals surface area contributed by atoms with Crippen LogP contribution in [0.4, 0.5) is 0 Å². The summed E-state index contributed by atoms with van der Waals surface area (Å²) in [5, 5.41) is 3.86. The highest BCUT2D eigenvalue weighted by molar-refractivity contribution is 7.13. The Morgan fingerprint density at radius 3 is 2.60 bits per heavy atom. The molecular weight excluding hydrogens is 208 g/mol. The van der Waals surface area contributed by atoms with Gasteiger partial charge in [-0.15, -0.1) is 11.3 Å². The predicted octanol–water partition coefficient (Wildman–Crippen LogP) is 2.54. The van der Waals surface area contributed by atoms with E-state index in [1.165, 1.54) is 11.3 Å². The molecule has 15 heavy (non-hydrogen) atoms. The fraction of sp³-hybridized carbons (Fsp3) is 0.636. The number of hydrogen-bond acceptors (Lipinski definition) is 3. The third kappa shape index (κ3) is 3.63. The van der Waals surface area contributed by atoms with Crippen LogP contribution in [0, 0.1) is 19.8 Å². The van der Waals surface area contributed by atoms with Crippen LogP contribution in [-0.4, -0.2) is 17.4 Å². The van der Waals surface area contributed by atoms with E-state index in [4.69, 9.17) is 0 Å². The molecule has 0 unspecified atom stereocenters. The molecule has 0 aliphatic rings. The van der Waals surface area contributed by atoms with Gasteiger partial charge in [0, 0.05) is 6.54 Å². The average Bonchev–Trinajstić information content (AvgIpc) is 2.44. The minimum Gasteiger partial charge on any atom is -0.351 e. The Kier molecular flexibility index (Phi) is 4.27. The van der Waals surface area contributed by atoms with Crippen LogP contribution >= 0.6 is 11.3 Å². The summed E-state index contributed by atoms with van der Waals surface area (Å²) in [6.07, 6.45) is 1.02. The molecule has 0 saturated heterocycles. The van der Waals surface area contributed by atoms with Gasteiger partial charge in [0.2, 0.25) is 0 Å². The zero-order valence-electron chi connectivity index (χ0n) is 9.76. The second-order valence-electron chi connectivity index (χ2n) is 4.09. The number of aromatic nitrogens is 1. The van der Waals surface area contributed by atoms with Crippen molar-refractivity contribution in [1.29, 1.82) is 0 Å². The SMILES string of the molecule is Cc1nc(C)c(C(=O)NCCC(C)C)s1. The number of carbonyl (C=O) groups excluding carboxylic acids is 1. The number of thiazole rings is 1. The molecule has 1 N–H and O–H groups in total. The number of amides is 1. The Hall–Kier alpha value is -0.900. The lowest BCUT2D eigenvalue weighted by molar-refractivity contribution is 0.0955. The Labute approximate surface area is 94.9 Å². The van der Waals surface area contributed by atoms with E-state index >= 15 is 0 Å². The van der Waals surface area contributed by atoms with Gasteiger partial charge in [-0.05, 0) is 26.2 Å². The first kappa shape index (κ1) is 12.2. The van der Waals surface area contributed by atoms with E-state index in [0.29, 0.717) is 5.92 Å². The van der Waals surface area contributed by atoms with Crippen molar-refractivity contribution >= 4 is 17.2 Å². The Morgan fingerprint density at radius 1 is 1.47 bits per heavy atom. The molecule has 0 bridgehead atoms. The van der Waals surface area contributed by atoms with Crippen LogP contribution in [0.1, 0.15) is 40.6 Å². The van der Waals surface area contributed by atoms with E-state index in [-0.39, 0.29) is 5.91 Å². The first-order chi connectivity index (χ1) is 7.00. The van der Waals surface area contributed by atoms with Gasteiger partial charge in [0.15, 0.2) is 0 Å². The molecule has 0 fully saturated rings. The molecular formula is C11H18N2OS. The molecule has 1 aromatic rings. The van der Waals surface area contributed by atoms with E-state index in [0.717, 1.165) is 28.5 Å². The molecule has 3 nitrogen and oxygen atoms in total. The Morgan fingerprint density at radius 2 is 2.13 bits per heavy atom. The van der Waals surface area contributed by atoms with Crippen molar-refractivity contribution in [3.05, 3.63) is 15.6 Å². The predicted molar refractivity (Wildman–Crippen MR) is 63.4 cm³/mol. The first-order valence-corrected chi connectivity index (χ1v) is 6.04. The fourth-order valence-corrected chi connectivity index (χ4v) is 2.13. The molecule has 4 heteroatoms. The minimum absolute atomic E-state index is 0.0127. The highest BCUT2D eigenvalue weighted by Gasteiger charge is 2.12. The maximum atomic E-state index is 11.7. The topological polar surface area (TPSA) is 42.0 Å². The van der Waals surface area contributed by atoms with Gasteiger partial charge in [-0.2, -0.15) is 0 Å². The van der Waals surface area contributed by atoms with Crippen LogP contribution in [-0.2, 0) is 0 Å². The lowest BCUT2D eigenvalue weighted by Gasteiger charge is -2.05. The van der Waals surface area contributed by atoms with Gasteiger partial charge in [0.25, 0.3) is 5.91 Å². The summed E-state index contributed by atoms with van der Waals surface area (Å²) < 4.78 is 0. The van der Waals surface area contributed by atoms with Crippen LogP contribution < -0.4 is 5.32 Å². The monoisotopic (exact) mass is 226 g/mol. The first-order valence-electron chi connectivity index (χ1n) is 5.23. The van der Waals surface area contributed by atoms with Gasteiger partial charge < -0.3 is 5.32 Å². The lowest BCUT2D eigenvalue weighted by Crippen LogP contribution is -2.25. The van der Waals surface area contributed by atoms with E-state index in [9.17, 15) is 4.79 Å². The van der Waals surface area contributed by atoms with Crippen molar-refractivity contribution in [2.75, 3.05) is 6.54 Å². The second kappa shape index (κ2) is 5.26. The molecule has 0 atom stereocenters. The number of nitrogens with zero attached hydrogens (tertiary/aromatic N) is 1. The maximum absolute atomic E-state index is 11.7. The second-order valence-corrected chi connectivity index (χ2v) is 5.29. The van der Waals surface area contributed by atoms with Gasteiger partial charge in [-0.25, -0.2) is 4.98 Å². The molecule has 1 aromatic heterocycles. The zero-order valence-corrected chi connectivity index (χ0v) is 10.6. The van der Waals surface area contributed by atoms with Crippen molar-refractivity contribution in [2.24, 2.45) is 5.92 Å². The number of rotatable bonds is 4. The van der Waals surface area contributed by atoms with Gasteiger partial charge >= 0.3 is 0 Å². The van der Waals surface area contributed by atoms with Gasteiger partial charge in [-0.1, -0.05) is 13.8 Å². The number of carbonyl (C=O) groups is 1. The highest BCUT2D eigenvalue weighted by atomic mass is 32.1. The van der Waals surface area contributed by atoms with Crippen molar-refractivity contribution < 1.29 is 4.79 Å². The smallest absolute Gasteiger partial charge is 0.263 e.